The van der Waals surface area contributed by atoms with Gasteiger partial charge in [0, 0.05) is 18.5 Å². The van der Waals surface area contributed by atoms with E-state index in [1.807, 2.05) is 25.2 Å². The Balaban J connectivity index is 1.50. The van der Waals surface area contributed by atoms with Crippen LogP contribution in [0, 0.1) is 0 Å². The average Bonchev–Trinajstić information content (AvgIpc) is 3.32. The number of rotatable bonds is 4. The van der Waals surface area contributed by atoms with Gasteiger partial charge in [-0.05, 0) is 48.2 Å². The highest BCUT2D eigenvalue weighted by Gasteiger charge is 2.43. The summed E-state index contributed by atoms with van der Waals surface area (Å²) >= 11 is 7.17. The second-order valence-electron chi connectivity index (χ2n) is 8.57. The van der Waals surface area contributed by atoms with Crippen molar-refractivity contribution in [3.63, 3.8) is 0 Å². The molecule has 1 aromatic carbocycles. The zero-order valence-corrected chi connectivity index (χ0v) is 18.6. The number of halogens is 1. The van der Waals surface area contributed by atoms with Gasteiger partial charge < -0.3 is 10.6 Å². The molecule has 2 amide bonds. The number of thiophene rings is 1. The predicted molar refractivity (Wildman–Crippen MR) is 118 cm³/mol. The Kier molecular flexibility index (Phi) is 5.90. The number of quaternary nitrogens is 1. The molecule has 160 valence electrons. The molecule has 0 saturated heterocycles. The monoisotopic (exact) mass is 448 g/mol. The van der Waals surface area contributed by atoms with Crippen LogP contribution < -0.4 is 10.6 Å². The van der Waals surface area contributed by atoms with E-state index in [-0.39, 0.29) is 16.5 Å². The number of carbonyl (C=O) groups is 2. The van der Waals surface area contributed by atoms with E-state index in [2.05, 4.69) is 10.6 Å². The van der Waals surface area contributed by atoms with Gasteiger partial charge in [0.15, 0.2) is 0 Å². The van der Waals surface area contributed by atoms with Crippen LogP contribution in [0.1, 0.15) is 46.5 Å². The summed E-state index contributed by atoms with van der Waals surface area (Å²) in [5.74, 6) is -0.432. The van der Waals surface area contributed by atoms with Crippen LogP contribution in [0.15, 0.2) is 30.3 Å². The molecule has 4 rings (SSSR count). The molecule has 2 aromatic rings. The van der Waals surface area contributed by atoms with Crippen LogP contribution in [0.25, 0.3) is 0 Å². The van der Waals surface area contributed by atoms with Crippen molar-refractivity contribution in [2.75, 3.05) is 25.5 Å². The van der Waals surface area contributed by atoms with Gasteiger partial charge in [-0.3, -0.25) is 9.59 Å². The van der Waals surface area contributed by atoms with Gasteiger partial charge in [0.1, 0.15) is 18.6 Å². The number of hydrogen-bond acceptors (Lipinski definition) is 4. The quantitative estimate of drug-likeness (QED) is 0.618. The molecule has 1 saturated carbocycles. The van der Waals surface area contributed by atoms with Crippen molar-refractivity contribution in [1.82, 2.24) is 5.32 Å². The van der Waals surface area contributed by atoms with E-state index in [0.29, 0.717) is 35.1 Å². The van der Waals surface area contributed by atoms with Crippen molar-refractivity contribution in [2.45, 2.75) is 44.1 Å². The Morgan fingerprint density at radius 3 is 2.47 bits per heavy atom. The number of likely N-dealkylation sites (N-methyl/N-ethyl adjacent to an activating group) is 1. The molecule has 30 heavy (non-hydrogen) atoms. The standard InChI is InChI=1S/C22H26ClN3O3S/c1-26(29)12-8-15-4-5-17(14-16(15)9-13-26)24-21(28)22(10-2-3-11-22)25-20(27)18-6-7-19(23)30-18/h4-7,14,29H,2-3,8-13H2,1H3,(H-,24,25,27,28)/p+1. The molecule has 1 aliphatic heterocycles. The van der Waals surface area contributed by atoms with Crippen LogP contribution >= 0.6 is 22.9 Å². The first-order valence-corrected chi connectivity index (χ1v) is 11.5. The molecule has 1 atom stereocenters. The minimum atomic E-state index is -0.902. The van der Waals surface area contributed by atoms with Crippen molar-refractivity contribution >= 4 is 40.4 Å². The molecule has 2 aliphatic rings. The molecule has 1 fully saturated rings. The van der Waals surface area contributed by atoms with E-state index >= 15 is 0 Å². The van der Waals surface area contributed by atoms with Crippen LogP contribution in [0.5, 0.6) is 0 Å². The van der Waals surface area contributed by atoms with Gasteiger partial charge in [-0.15, -0.1) is 11.3 Å². The first-order valence-electron chi connectivity index (χ1n) is 10.3. The third-order valence-corrected chi connectivity index (χ3v) is 7.46. The third kappa shape index (κ3) is 4.54. The highest BCUT2D eigenvalue weighted by molar-refractivity contribution is 7.18. The summed E-state index contributed by atoms with van der Waals surface area (Å²) in [4.78, 5) is 26.5. The predicted octanol–water partition coefficient (Wildman–Crippen LogP) is 4.02. The maximum atomic E-state index is 13.3. The van der Waals surface area contributed by atoms with E-state index in [1.165, 1.54) is 16.9 Å². The molecule has 0 bridgehead atoms. The zero-order chi connectivity index (χ0) is 21.4. The molecule has 1 aliphatic carbocycles. The van der Waals surface area contributed by atoms with Crippen LogP contribution in [0.4, 0.5) is 5.69 Å². The lowest BCUT2D eigenvalue weighted by Crippen LogP contribution is -2.54. The van der Waals surface area contributed by atoms with E-state index in [1.54, 1.807) is 12.1 Å². The van der Waals surface area contributed by atoms with E-state index in [9.17, 15) is 14.8 Å². The first-order chi connectivity index (χ1) is 14.3. The van der Waals surface area contributed by atoms with Crippen molar-refractivity contribution < 1.29 is 19.4 Å². The van der Waals surface area contributed by atoms with Crippen molar-refractivity contribution in [2.24, 2.45) is 0 Å². The number of amides is 2. The number of hydroxylamine groups is 3. The summed E-state index contributed by atoms with van der Waals surface area (Å²) in [6, 6.07) is 9.32. The second-order valence-corrected chi connectivity index (χ2v) is 10.3. The molecule has 6 nitrogen and oxygen atoms in total. The highest BCUT2D eigenvalue weighted by Crippen LogP contribution is 2.33. The van der Waals surface area contributed by atoms with Gasteiger partial charge >= 0.3 is 0 Å². The molecule has 1 unspecified atom stereocenters. The lowest BCUT2D eigenvalue weighted by atomic mass is 9.95. The normalized spacial score (nSPS) is 22.8. The fourth-order valence-corrected chi connectivity index (χ4v) is 5.31. The zero-order valence-electron chi connectivity index (χ0n) is 17.0. The highest BCUT2D eigenvalue weighted by atomic mass is 35.5. The fourth-order valence-electron chi connectivity index (χ4n) is 4.37. The number of carbonyl (C=O) groups excluding carboxylic acids is 2. The fraction of sp³-hybridized carbons (Fsp3) is 0.455. The number of hydrogen-bond donors (Lipinski definition) is 3. The largest absolute Gasteiger partial charge is 0.337 e. The Morgan fingerprint density at radius 2 is 1.80 bits per heavy atom. The summed E-state index contributed by atoms with van der Waals surface area (Å²) in [5, 5.41) is 16.3. The second kappa shape index (κ2) is 8.30. The van der Waals surface area contributed by atoms with Crippen LogP contribution in [-0.4, -0.2) is 47.3 Å². The van der Waals surface area contributed by atoms with Gasteiger partial charge in [0.25, 0.3) is 5.91 Å². The lowest BCUT2D eigenvalue weighted by molar-refractivity contribution is -1.09. The minimum absolute atomic E-state index is 0.0122. The van der Waals surface area contributed by atoms with Crippen LogP contribution in [0.3, 0.4) is 0 Å². The van der Waals surface area contributed by atoms with E-state index in [4.69, 9.17) is 11.6 Å². The third-order valence-electron chi connectivity index (χ3n) is 6.23. The Bertz CT molecular complexity index is 966. The molecule has 0 spiro atoms. The molecule has 8 heteroatoms. The van der Waals surface area contributed by atoms with Crippen LogP contribution in [-0.2, 0) is 17.6 Å². The summed E-state index contributed by atoms with van der Waals surface area (Å²) < 4.78 is 0.561. The maximum absolute atomic E-state index is 13.3. The summed E-state index contributed by atoms with van der Waals surface area (Å²) in [6.07, 6.45) is 4.60. The van der Waals surface area contributed by atoms with Gasteiger partial charge in [0.2, 0.25) is 5.91 Å². The van der Waals surface area contributed by atoms with Crippen LogP contribution in [0.2, 0.25) is 4.34 Å². The summed E-state index contributed by atoms with van der Waals surface area (Å²) in [6.45, 7) is 1.33. The number of anilines is 1. The lowest BCUT2D eigenvalue weighted by Gasteiger charge is -2.29. The number of nitrogens with zero attached hydrogens (tertiary/aromatic N) is 1. The van der Waals surface area contributed by atoms with Gasteiger partial charge in [-0.25, -0.2) is 5.21 Å². The number of fused-ring (bicyclic) bond motifs is 1. The maximum Gasteiger partial charge on any atom is 0.262 e. The van der Waals surface area contributed by atoms with Crippen molar-refractivity contribution in [3.8, 4) is 0 Å². The summed E-state index contributed by atoms with van der Waals surface area (Å²) in [7, 11) is 1.82. The SMILES string of the molecule is C[N+]1(O)CCc2ccc(NC(=O)C3(NC(=O)c4ccc(Cl)s4)CCCC3)cc2CC1. The minimum Gasteiger partial charge on any atom is -0.337 e. The first kappa shape index (κ1) is 21.3. The van der Waals surface area contributed by atoms with Crippen molar-refractivity contribution in [3.05, 3.63) is 50.7 Å². The average molecular weight is 449 g/mol. The molecule has 1 aromatic heterocycles. The van der Waals surface area contributed by atoms with E-state index in [0.717, 1.165) is 36.9 Å². The molecule has 2 heterocycles. The van der Waals surface area contributed by atoms with E-state index < -0.39 is 5.54 Å². The molecular weight excluding hydrogens is 422 g/mol. The smallest absolute Gasteiger partial charge is 0.262 e. The van der Waals surface area contributed by atoms with Crippen molar-refractivity contribution in [1.29, 1.82) is 0 Å². The van der Waals surface area contributed by atoms with Gasteiger partial charge in [0.05, 0.1) is 16.3 Å². The number of nitrogens with one attached hydrogen (secondary N) is 2. The Morgan fingerprint density at radius 1 is 1.10 bits per heavy atom. The Labute approximate surface area is 185 Å². The summed E-state index contributed by atoms with van der Waals surface area (Å²) in [5.41, 5.74) is 2.19. The molecule has 3 N–H and O–H groups in total. The topological polar surface area (TPSA) is 78.4 Å². The number of benzene rings is 1. The van der Waals surface area contributed by atoms with Gasteiger partial charge in [-0.1, -0.05) is 30.5 Å². The molecule has 0 radical (unpaired) electrons. The molecular formula is C22H27ClN3O3S+. The van der Waals surface area contributed by atoms with Gasteiger partial charge in [-0.2, -0.15) is 4.65 Å². The Hall–Kier alpha value is -1.93.